The lowest BCUT2D eigenvalue weighted by Gasteiger charge is -2.19. The van der Waals surface area contributed by atoms with Crippen LogP contribution in [0, 0.1) is 0 Å². The molecule has 4 heteroatoms. The Kier molecular flexibility index (Phi) is 8.01. The molecular formula is C13H26N2O2. The van der Waals surface area contributed by atoms with E-state index in [-0.39, 0.29) is 12.5 Å². The number of ether oxygens (including phenoxy) is 1. The van der Waals surface area contributed by atoms with Gasteiger partial charge in [0.05, 0.1) is 0 Å². The highest BCUT2D eigenvalue weighted by Crippen LogP contribution is 2.00. The number of carbonyl (C=O) groups is 1. The molecule has 0 radical (unpaired) electrons. The summed E-state index contributed by atoms with van der Waals surface area (Å²) in [6.45, 7) is 6.77. The van der Waals surface area contributed by atoms with E-state index in [2.05, 4.69) is 12.2 Å². The quantitative estimate of drug-likeness (QED) is 0.686. The lowest BCUT2D eigenvalue weighted by molar-refractivity contribution is -0.136. The van der Waals surface area contributed by atoms with Crippen LogP contribution in [0.5, 0.6) is 0 Å². The molecule has 0 aliphatic carbocycles. The molecule has 1 fully saturated rings. The third-order valence-corrected chi connectivity index (χ3v) is 3.06. The second-order valence-corrected chi connectivity index (χ2v) is 4.60. The summed E-state index contributed by atoms with van der Waals surface area (Å²) in [4.78, 5) is 13.7. The highest BCUT2D eigenvalue weighted by molar-refractivity contribution is 5.77. The largest absolute Gasteiger partial charge is 0.372 e. The van der Waals surface area contributed by atoms with Gasteiger partial charge in [0.25, 0.3) is 0 Å². The van der Waals surface area contributed by atoms with Gasteiger partial charge in [-0.15, -0.1) is 0 Å². The van der Waals surface area contributed by atoms with Crippen LogP contribution < -0.4 is 5.32 Å². The van der Waals surface area contributed by atoms with Crippen LogP contribution in [0.2, 0.25) is 0 Å². The van der Waals surface area contributed by atoms with Gasteiger partial charge < -0.3 is 15.0 Å². The third kappa shape index (κ3) is 6.64. The molecule has 1 aliphatic heterocycles. The van der Waals surface area contributed by atoms with Crippen molar-refractivity contribution in [1.29, 1.82) is 0 Å². The molecule has 0 bridgehead atoms. The molecule has 0 atom stereocenters. The summed E-state index contributed by atoms with van der Waals surface area (Å²) < 4.78 is 5.42. The molecule has 0 saturated carbocycles. The van der Waals surface area contributed by atoms with Crippen molar-refractivity contribution >= 4 is 5.91 Å². The molecule has 1 rings (SSSR count). The fourth-order valence-electron chi connectivity index (χ4n) is 1.98. The van der Waals surface area contributed by atoms with Gasteiger partial charge in [-0.2, -0.15) is 0 Å². The number of unbranched alkanes of at least 4 members (excludes halogenated alkanes) is 3. The SMILES string of the molecule is CCCCCCOCC(=O)N1CCCNCC1. The second-order valence-electron chi connectivity index (χ2n) is 4.60. The average molecular weight is 242 g/mol. The van der Waals surface area contributed by atoms with E-state index < -0.39 is 0 Å². The van der Waals surface area contributed by atoms with Gasteiger partial charge in [-0.3, -0.25) is 4.79 Å². The van der Waals surface area contributed by atoms with Crippen molar-refractivity contribution in [3.63, 3.8) is 0 Å². The monoisotopic (exact) mass is 242 g/mol. The molecule has 1 heterocycles. The first-order chi connectivity index (χ1) is 8.34. The van der Waals surface area contributed by atoms with Gasteiger partial charge in [-0.25, -0.2) is 0 Å². The van der Waals surface area contributed by atoms with Gasteiger partial charge in [-0.05, 0) is 19.4 Å². The summed E-state index contributed by atoms with van der Waals surface area (Å²) >= 11 is 0. The molecule has 100 valence electrons. The first-order valence-corrected chi connectivity index (χ1v) is 6.91. The van der Waals surface area contributed by atoms with E-state index >= 15 is 0 Å². The van der Waals surface area contributed by atoms with E-state index in [4.69, 9.17) is 4.74 Å². The zero-order valence-corrected chi connectivity index (χ0v) is 11.0. The normalized spacial score (nSPS) is 16.9. The van der Waals surface area contributed by atoms with Crippen molar-refractivity contribution in [1.82, 2.24) is 10.2 Å². The molecule has 0 aromatic carbocycles. The van der Waals surface area contributed by atoms with Crippen molar-refractivity contribution in [3.05, 3.63) is 0 Å². The maximum atomic E-state index is 11.8. The van der Waals surface area contributed by atoms with E-state index in [0.29, 0.717) is 0 Å². The molecule has 0 unspecified atom stereocenters. The summed E-state index contributed by atoms with van der Waals surface area (Å²) in [6, 6.07) is 0. The van der Waals surface area contributed by atoms with Crippen LogP contribution >= 0.6 is 0 Å². The number of amides is 1. The fourth-order valence-corrected chi connectivity index (χ4v) is 1.98. The van der Waals surface area contributed by atoms with Crippen LogP contribution in [0.1, 0.15) is 39.0 Å². The zero-order chi connectivity index (χ0) is 12.3. The Balaban J connectivity index is 2.03. The van der Waals surface area contributed by atoms with Gasteiger partial charge in [0.2, 0.25) is 5.91 Å². The van der Waals surface area contributed by atoms with Crippen LogP contribution in [-0.4, -0.2) is 50.2 Å². The fraction of sp³-hybridized carbons (Fsp3) is 0.923. The molecular weight excluding hydrogens is 216 g/mol. The van der Waals surface area contributed by atoms with E-state index in [0.717, 1.165) is 45.6 Å². The smallest absolute Gasteiger partial charge is 0.248 e. The van der Waals surface area contributed by atoms with E-state index in [1.54, 1.807) is 0 Å². The Bertz CT molecular complexity index is 202. The van der Waals surface area contributed by atoms with Gasteiger partial charge >= 0.3 is 0 Å². The van der Waals surface area contributed by atoms with Crippen molar-refractivity contribution in [3.8, 4) is 0 Å². The van der Waals surface area contributed by atoms with Gasteiger partial charge in [0.15, 0.2) is 0 Å². The maximum Gasteiger partial charge on any atom is 0.248 e. The minimum atomic E-state index is 0.143. The Hall–Kier alpha value is -0.610. The van der Waals surface area contributed by atoms with E-state index in [1.807, 2.05) is 4.90 Å². The molecule has 1 aliphatic rings. The molecule has 1 N–H and O–H groups in total. The number of carbonyl (C=O) groups excluding carboxylic acids is 1. The van der Waals surface area contributed by atoms with E-state index in [9.17, 15) is 4.79 Å². The lowest BCUT2D eigenvalue weighted by Crippen LogP contribution is -2.36. The molecule has 0 aromatic rings. The summed E-state index contributed by atoms with van der Waals surface area (Å²) in [7, 11) is 0. The Morgan fingerprint density at radius 2 is 2.12 bits per heavy atom. The molecule has 0 aromatic heterocycles. The van der Waals surface area contributed by atoms with Crippen LogP contribution in [0.3, 0.4) is 0 Å². The first-order valence-electron chi connectivity index (χ1n) is 6.91. The van der Waals surface area contributed by atoms with Gasteiger partial charge in [0, 0.05) is 26.2 Å². The predicted octanol–water partition coefficient (Wildman–Crippen LogP) is 1.41. The van der Waals surface area contributed by atoms with Gasteiger partial charge in [-0.1, -0.05) is 26.2 Å². The van der Waals surface area contributed by atoms with Crippen LogP contribution in [0.4, 0.5) is 0 Å². The summed E-state index contributed by atoms with van der Waals surface area (Å²) in [5, 5.41) is 3.29. The average Bonchev–Trinajstić information content (AvgIpc) is 2.62. The summed E-state index contributed by atoms with van der Waals surface area (Å²) in [5.74, 6) is 0.143. The summed E-state index contributed by atoms with van der Waals surface area (Å²) in [5.41, 5.74) is 0. The predicted molar refractivity (Wildman–Crippen MR) is 69.0 cm³/mol. The zero-order valence-electron chi connectivity index (χ0n) is 11.0. The van der Waals surface area contributed by atoms with Crippen molar-refractivity contribution < 1.29 is 9.53 Å². The standard InChI is InChI=1S/C13H26N2O2/c1-2-3-4-5-11-17-12-13(16)15-9-6-7-14-8-10-15/h14H,2-12H2,1H3. The van der Waals surface area contributed by atoms with Gasteiger partial charge in [0.1, 0.15) is 6.61 Å². The minimum absolute atomic E-state index is 0.143. The topological polar surface area (TPSA) is 41.6 Å². The van der Waals surface area contributed by atoms with E-state index in [1.165, 1.54) is 19.3 Å². The molecule has 0 spiro atoms. The molecule has 1 amide bonds. The Morgan fingerprint density at radius 3 is 2.94 bits per heavy atom. The second kappa shape index (κ2) is 9.42. The highest BCUT2D eigenvalue weighted by Gasteiger charge is 2.14. The number of hydrogen-bond donors (Lipinski definition) is 1. The van der Waals surface area contributed by atoms with Crippen LogP contribution in [0.25, 0.3) is 0 Å². The third-order valence-electron chi connectivity index (χ3n) is 3.06. The molecule has 1 saturated heterocycles. The van der Waals surface area contributed by atoms with Crippen molar-refractivity contribution in [2.75, 3.05) is 39.4 Å². The Morgan fingerprint density at radius 1 is 1.24 bits per heavy atom. The molecule has 17 heavy (non-hydrogen) atoms. The number of nitrogens with one attached hydrogen (secondary N) is 1. The number of rotatable bonds is 7. The first kappa shape index (κ1) is 14.5. The van der Waals surface area contributed by atoms with Crippen molar-refractivity contribution in [2.24, 2.45) is 0 Å². The maximum absolute atomic E-state index is 11.8. The van der Waals surface area contributed by atoms with Crippen LogP contribution in [0.15, 0.2) is 0 Å². The number of nitrogens with zero attached hydrogens (tertiary/aromatic N) is 1. The van der Waals surface area contributed by atoms with Crippen molar-refractivity contribution in [2.45, 2.75) is 39.0 Å². The Labute approximate surface area is 105 Å². The molecule has 4 nitrogen and oxygen atoms in total. The lowest BCUT2D eigenvalue weighted by atomic mass is 10.2. The number of hydrogen-bond acceptors (Lipinski definition) is 3. The van der Waals surface area contributed by atoms with Crippen LogP contribution in [-0.2, 0) is 9.53 Å². The minimum Gasteiger partial charge on any atom is -0.372 e. The highest BCUT2D eigenvalue weighted by atomic mass is 16.5. The summed E-state index contributed by atoms with van der Waals surface area (Å²) in [6.07, 6.45) is 5.82.